The van der Waals surface area contributed by atoms with E-state index in [0.29, 0.717) is 6.07 Å². The average molecular weight is 296 g/mol. The minimum Gasteiger partial charge on any atom is -0.475 e. The van der Waals surface area contributed by atoms with Gasteiger partial charge in [-0.3, -0.25) is 10.1 Å². The Labute approximate surface area is 116 Å². The van der Waals surface area contributed by atoms with E-state index in [9.17, 15) is 19.3 Å². The summed E-state index contributed by atoms with van der Waals surface area (Å²) in [6.07, 6.45) is 0. The first kappa shape index (κ1) is 14.6. The number of hydrogen-bond acceptors (Lipinski definition) is 6. The molecular weight excluding hydrogens is 287 g/mol. The average Bonchev–Trinajstić information content (AvgIpc) is 2.83. The Morgan fingerprint density at radius 1 is 1.57 bits per heavy atom. The zero-order valence-electron chi connectivity index (χ0n) is 10.7. The predicted molar refractivity (Wildman–Crippen MR) is 66.2 cm³/mol. The monoisotopic (exact) mass is 296 g/mol. The molecule has 1 N–H and O–H groups in total. The van der Waals surface area contributed by atoms with Crippen LogP contribution in [0, 0.1) is 15.9 Å². The SMILES string of the molecule is COCc1nc(-c2ccc(F)cc2[N+](=O)[O-])oc1C(=O)O. The highest BCUT2D eigenvalue weighted by Crippen LogP contribution is 2.31. The third-order valence-corrected chi connectivity index (χ3v) is 2.56. The van der Waals surface area contributed by atoms with Crippen molar-refractivity contribution >= 4 is 11.7 Å². The number of methoxy groups -OCH3 is 1. The number of ether oxygens (including phenoxy) is 1. The van der Waals surface area contributed by atoms with Gasteiger partial charge >= 0.3 is 5.97 Å². The molecule has 21 heavy (non-hydrogen) atoms. The molecule has 0 radical (unpaired) electrons. The molecule has 0 atom stereocenters. The smallest absolute Gasteiger partial charge is 0.373 e. The van der Waals surface area contributed by atoms with Crippen LogP contribution in [0.15, 0.2) is 22.6 Å². The van der Waals surface area contributed by atoms with Crippen LogP contribution in [-0.2, 0) is 11.3 Å². The lowest BCUT2D eigenvalue weighted by atomic mass is 10.2. The fourth-order valence-electron chi connectivity index (χ4n) is 1.71. The molecule has 0 bridgehead atoms. The van der Waals surface area contributed by atoms with Crippen molar-refractivity contribution in [1.29, 1.82) is 0 Å². The first-order valence-corrected chi connectivity index (χ1v) is 5.60. The van der Waals surface area contributed by atoms with Gasteiger partial charge in [-0.05, 0) is 12.1 Å². The number of oxazole rings is 1. The summed E-state index contributed by atoms with van der Waals surface area (Å²) in [6, 6.07) is 2.79. The first-order chi connectivity index (χ1) is 9.93. The molecule has 2 aromatic rings. The van der Waals surface area contributed by atoms with Crippen molar-refractivity contribution in [3.05, 3.63) is 45.6 Å². The van der Waals surface area contributed by atoms with Crippen molar-refractivity contribution in [2.24, 2.45) is 0 Å². The van der Waals surface area contributed by atoms with Crippen molar-refractivity contribution in [2.75, 3.05) is 7.11 Å². The molecule has 9 heteroatoms. The molecule has 1 aromatic heterocycles. The van der Waals surface area contributed by atoms with Crippen LogP contribution in [0.4, 0.5) is 10.1 Å². The van der Waals surface area contributed by atoms with Crippen LogP contribution in [0.3, 0.4) is 0 Å². The van der Waals surface area contributed by atoms with E-state index in [2.05, 4.69) is 4.98 Å². The molecule has 0 aliphatic carbocycles. The van der Waals surface area contributed by atoms with Crippen molar-refractivity contribution in [3.63, 3.8) is 0 Å². The Morgan fingerprint density at radius 2 is 2.29 bits per heavy atom. The molecule has 0 saturated heterocycles. The number of hydrogen-bond donors (Lipinski definition) is 1. The lowest BCUT2D eigenvalue weighted by Gasteiger charge is -1.98. The molecular formula is C12H9FN2O6. The van der Waals surface area contributed by atoms with Gasteiger partial charge in [-0.1, -0.05) is 0 Å². The predicted octanol–water partition coefficient (Wildman–Crippen LogP) is 2.23. The van der Waals surface area contributed by atoms with Gasteiger partial charge in [0.15, 0.2) is 0 Å². The maximum atomic E-state index is 13.1. The number of benzene rings is 1. The number of aromatic carboxylic acids is 1. The van der Waals surface area contributed by atoms with Crippen LogP contribution in [0.25, 0.3) is 11.5 Å². The molecule has 1 aromatic carbocycles. The highest BCUT2D eigenvalue weighted by atomic mass is 19.1. The van der Waals surface area contributed by atoms with E-state index in [4.69, 9.17) is 14.3 Å². The van der Waals surface area contributed by atoms with Gasteiger partial charge < -0.3 is 14.3 Å². The van der Waals surface area contributed by atoms with E-state index in [1.165, 1.54) is 7.11 Å². The van der Waals surface area contributed by atoms with Gasteiger partial charge in [0.2, 0.25) is 11.7 Å². The van der Waals surface area contributed by atoms with Gasteiger partial charge in [-0.15, -0.1) is 0 Å². The zero-order valence-corrected chi connectivity index (χ0v) is 10.7. The van der Waals surface area contributed by atoms with Gasteiger partial charge in [-0.2, -0.15) is 0 Å². The van der Waals surface area contributed by atoms with Gasteiger partial charge in [-0.25, -0.2) is 14.2 Å². The second kappa shape index (κ2) is 5.67. The number of nitro groups is 1. The van der Waals surface area contributed by atoms with Crippen LogP contribution >= 0.6 is 0 Å². The lowest BCUT2D eigenvalue weighted by molar-refractivity contribution is -0.384. The van der Waals surface area contributed by atoms with E-state index >= 15 is 0 Å². The maximum Gasteiger partial charge on any atom is 0.373 e. The van der Waals surface area contributed by atoms with Crippen LogP contribution in [-0.4, -0.2) is 28.1 Å². The van der Waals surface area contributed by atoms with Crippen LogP contribution in [0.5, 0.6) is 0 Å². The number of nitro benzene ring substituents is 1. The number of halogens is 1. The normalized spacial score (nSPS) is 10.6. The summed E-state index contributed by atoms with van der Waals surface area (Å²) in [5, 5.41) is 19.9. The van der Waals surface area contributed by atoms with Gasteiger partial charge in [0, 0.05) is 7.11 Å². The molecule has 0 aliphatic rings. The van der Waals surface area contributed by atoms with E-state index in [1.807, 2.05) is 0 Å². The molecule has 0 unspecified atom stereocenters. The number of rotatable bonds is 5. The molecule has 8 nitrogen and oxygen atoms in total. The first-order valence-electron chi connectivity index (χ1n) is 5.60. The minimum absolute atomic E-state index is 0.0152. The maximum absolute atomic E-state index is 13.1. The van der Waals surface area contributed by atoms with Crippen molar-refractivity contribution in [3.8, 4) is 11.5 Å². The number of carboxylic acids is 1. The molecule has 0 amide bonds. The summed E-state index contributed by atoms with van der Waals surface area (Å²) in [5.41, 5.74) is -0.706. The molecule has 0 saturated carbocycles. The van der Waals surface area contributed by atoms with E-state index in [0.717, 1.165) is 12.1 Å². The Bertz CT molecular complexity index is 712. The lowest BCUT2D eigenvalue weighted by Crippen LogP contribution is -2.00. The third-order valence-electron chi connectivity index (χ3n) is 2.56. The van der Waals surface area contributed by atoms with E-state index in [1.54, 1.807) is 0 Å². The van der Waals surface area contributed by atoms with Crippen LogP contribution in [0.2, 0.25) is 0 Å². The Kier molecular flexibility index (Phi) is 3.94. The number of carboxylic acid groups (broad SMARTS) is 1. The largest absolute Gasteiger partial charge is 0.475 e. The molecule has 2 rings (SSSR count). The molecule has 0 fully saturated rings. The van der Waals surface area contributed by atoms with Crippen LogP contribution in [0.1, 0.15) is 16.2 Å². The second-order valence-electron chi connectivity index (χ2n) is 3.95. The molecule has 0 spiro atoms. The Hall–Kier alpha value is -2.81. The van der Waals surface area contributed by atoms with Gasteiger partial charge in [0.05, 0.1) is 17.6 Å². The van der Waals surface area contributed by atoms with Crippen molar-refractivity contribution < 1.29 is 28.4 Å². The fraction of sp³-hybridized carbons (Fsp3) is 0.167. The summed E-state index contributed by atoms with van der Waals surface area (Å²) in [6.45, 7) is -0.139. The highest BCUT2D eigenvalue weighted by molar-refractivity contribution is 5.86. The van der Waals surface area contributed by atoms with Gasteiger partial charge in [0.1, 0.15) is 17.1 Å². The summed E-state index contributed by atoms with van der Waals surface area (Å²) in [7, 11) is 1.33. The summed E-state index contributed by atoms with van der Waals surface area (Å²) in [4.78, 5) is 25.0. The summed E-state index contributed by atoms with van der Waals surface area (Å²) in [5.74, 6) is -2.95. The van der Waals surface area contributed by atoms with Crippen molar-refractivity contribution in [2.45, 2.75) is 6.61 Å². The second-order valence-corrected chi connectivity index (χ2v) is 3.95. The highest BCUT2D eigenvalue weighted by Gasteiger charge is 2.25. The van der Waals surface area contributed by atoms with Crippen molar-refractivity contribution in [1.82, 2.24) is 4.98 Å². The number of carbonyl (C=O) groups is 1. The Morgan fingerprint density at radius 3 is 2.86 bits per heavy atom. The quantitative estimate of drug-likeness (QED) is 0.664. The number of nitrogens with zero attached hydrogens (tertiary/aromatic N) is 2. The Balaban J connectivity index is 2.59. The van der Waals surface area contributed by atoms with E-state index < -0.39 is 28.2 Å². The summed E-state index contributed by atoms with van der Waals surface area (Å²) >= 11 is 0. The fourth-order valence-corrected chi connectivity index (χ4v) is 1.71. The van der Waals surface area contributed by atoms with Gasteiger partial charge in [0.25, 0.3) is 5.69 Å². The molecule has 110 valence electrons. The molecule has 0 aliphatic heterocycles. The van der Waals surface area contributed by atoms with Crippen LogP contribution < -0.4 is 0 Å². The third kappa shape index (κ3) is 2.87. The number of aromatic nitrogens is 1. The topological polar surface area (TPSA) is 116 Å². The van der Waals surface area contributed by atoms with E-state index in [-0.39, 0.29) is 23.8 Å². The summed E-state index contributed by atoms with van der Waals surface area (Å²) < 4.78 is 22.9. The standard InChI is InChI=1S/C12H9FN2O6/c1-20-5-8-10(12(16)17)21-11(14-8)7-3-2-6(13)4-9(7)15(18)19/h2-4H,5H2,1H3,(H,16,17). The molecule has 1 heterocycles. The minimum atomic E-state index is -1.38. The zero-order chi connectivity index (χ0) is 15.6.